The largest absolute Gasteiger partial charge is 0.298 e. The Morgan fingerprint density at radius 3 is 2.62 bits per heavy atom. The molecule has 0 bridgehead atoms. The van der Waals surface area contributed by atoms with E-state index in [0.29, 0.717) is 23.0 Å². The standard InChI is InChI=1S/C12H7F2NO/c13-11-2-1-8(5-12(11)14)10-6-15-4-3-9(10)7-16/h1-7H. The Morgan fingerprint density at radius 1 is 1.12 bits per heavy atom. The van der Waals surface area contributed by atoms with Gasteiger partial charge in [-0.1, -0.05) is 6.07 Å². The van der Waals surface area contributed by atoms with Crippen molar-refractivity contribution in [2.45, 2.75) is 0 Å². The molecule has 0 N–H and O–H groups in total. The van der Waals surface area contributed by atoms with Gasteiger partial charge in [-0.3, -0.25) is 9.78 Å². The molecule has 1 heterocycles. The fraction of sp³-hybridized carbons (Fsp3) is 0. The van der Waals surface area contributed by atoms with Crippen LogP contribution in [0.25, 0.3) is 11.1 Å². The quantitative estimate of drug-likeness (QED) is 0.727. The van der Waals surface area contributed by atoms with Crippen LogP contribution in [0.15, 0.2) is 36.7 Å². The lowest BCUT2D eigenvalue weighted by molar-refractivity contribution is 0.112. The first kappa shape index (κ1) is 10.4. The predicted molar refractivity (Wildman–Crippen MR) is 55.0 cm³/mol. The van der Waals surface area contributed by atoms with Crippen LogP contribution in [0.1, 0.15) is 10.4 Å². The van der Waals surface area contributed by atoms with Crippen molar-refractivity contribution in [3.8, 4) is 11.1 Å². The summed E-state index contributed by atoms with van der Waals surface area (Å²) in [5.41, 5.74) is 1.30. The van der Waals surface area contributed by atoms with Crippen LogP contribution in [-0.2, 0) is 0 Å². The van der Waals surface area contributed by atoms with Gasteiger partial charge in [-0.15, -0.1) is 0 Å². The second-order valence-electron chi connectivity index (χ2n) is 3.21. The molecule has 0 atom stereocenters. The van der Waals surface area contributed by atoms with E-state index in [2.05, 4.69) is 4.98 Å². The molecular weight excluding hydrogens is 212 g/mol. The number of rotatable bonds is 2. The topological polar surface area (TPSA) is 30.0 Å². The molecular formula is C12H7F2NO. The molecule has 0 radical (unpaired) electrons. The Hall–Kier alpha value is -2.10. The molecule has 16 heavy (non-hydrogen) atoms. The summed E-state index contributed by atoms with van der Waals surface area (Å²) in [4.78, 5) is 14.6. The minimum Gasteiger partial charge on any atom is -0.298 e. The van der Waals surface area contributed by atoms with E-state index in [1.165, 1.54) is 24.5 Å². The van der Waals surface area contributed by atoms with Gasteiger partial charge in [-0.05, 0) is 23.8 Å². The Balaban J connectivity index is 2.58. The highest BCUT2D eigenvalue weighted by Gasteiger charge is 2.07. The summed E-state index contributed by atoms with van der Waals surface area (Å²) in [6, 6.07) is 4.98. The van der Waals surface area contributed by atoms with Gasteiger partial charge < -0.3 is 0 Å². The van der Waals surface area contributed by atoms with E-state index in [4.69, 9.17) is 0 Å². The highest BCUT2D eigenvalue weighted by Crippen LogP contribution is 2.23. The SMILES string of the molecule is O=Cc1ccncc1-c1ccc(F)c(F)c1. The second-order valence-corrected chi connectivity index (χ2v) is 3.21. The number of pyridine rings is 1. The van der Waals surface area contributed by atoms with Gasteiger partial charge in [-0.2, -0.15) is 0 Å². The second kappa shape index (κ2) is 4.18. The van der Waals surface area contributed by atoms with Crippen LogP contribution in [-0.4, -0.2) is 11.3 Å². The summed E-state index contributed by atoms with van der Waals surface area (Å²) < 4.78 is 25.8. The average molecular weight is 219 g/mol. The van der Waals surface area contributed by atoms with Crippen molar-refractivity contribution in [1.29, 1.82) is 0 Å². The fourth-order valence-electron chi connectivity index (χ4n) is 1.41. The summed E-state index contributed by atoms with van der Waals surface area (Å²) in [6.07, 6.45) is 3.56. The number of carbonyl (C=O) groups excluding carboxylic acids is 1. The summed E-state index contributed by atoms with van der Waals surface area (Å²) >= 11 is 0. The number of hydrogen-bond donors (Lipinski definition) is 0. The molecule has 0 amide bonds. The van der Waals surface area contributed by atoms with Gasteiger partial charge in [0.05, 0.1) is 0 Å². The first-order chi connectivity index (χ1) is 7.72. The van der Waals surface area contributed by atoms with Gasteiger partial charge >= 0.3 is 0 Å². The van der Waals surface area contributed by atoms with Crippen molar-refractivity contribution in [3.05, 3.63) is 53.9 Å². The maximum atomic E-state index is 13.0. The van der Waals surface area contributed by atoms with Gasteiger partial charge in [0.1, 0.15) is 0 Å². The smallest absolute Gasteiger partial charge is 0.159 e. The van der Waals surface area contributed by atoms with Gasteiger partial charge in [-0.25, -0.2) is 8.78 Å². The Kier molecular flexibility index (Phi) is 2.72. The monoisotopic (exact) mass is 219 g/mol. The third kappa shape index (κ3) is 1.82. The molecule has 1 aromatic carbocycles. The van der Waals surface area contributed by atoms with Gasteiger partial charge in [0.25, 0.3) is 0 Å². The van der Waals surface area contributed by atoms with Gasteiger partial charge in [0, 0.05) is 23.5 Å². The lowest BCUT2D eigenvalue weighted by Crippen LogP contribution is -1.91. The normalized spacial score (nSPS) is 10.1. The summed E-state index contributed by atoms with van der Waals surface area (Å²) in [5, 5.41) is 0. The molecule has 80 valence electrons. The third-order valence-corrected chi connectivity index (χ3v) is 2.21. The van der Waals surface area contributed by atoms with Crippen LogP contribution in [0.2, 0.25) is 0 Å². The van der Waals surface area contributed by atoms with Crippen LogP contribution in [0, 0.1) is 11.6 Å². The zero-order valence-electron chi connectivity index (χ0n) is 8.15. The van der Waals surface area contributed by atoms with Crippen LogP contribution >= 0.6 is 0 Å². The van der Waals surface area contributed by atoms with Crippen molar-refractivity contribution in [3.63, 3.8) is 0 Å². The number of carbonyl (C=O) groups is 1. The highest BCUT2D eigenvalue weighted by atomic mass is 19.2. The third-order valence-electron chi connectivity index (χ3n) is 2.21. The van der Waals surface area contributed by atoms with Crippen molar-refractivity contribution < 1.29 is 13.6 Å². The van der Waals surface area contributed by atoms with E-state index in [-0.39, 0.29) is 0 Å². The molecule has 0 aliphatic rings. The van der Waals surface area contributed by atoms with Crippen LogP contribution in [0.4, 0.5) is 8.78 Å². The van der Waals surface area contributed by atoms with Crippen LogP contribution in [0.3, 0.4) is 0 Å². The van der Waals surface area contributed by atoms with E-state index in [1.54, 1.807) is 0 Å². The number of benzene rings is 1. The van der Waals surface area contributed by atoms with E-state index in [9.17, 15) is 13.6 Å². The van der Waals surface area contributed by atoms with E-state index in [0.717, 1.165) is 12.1 Å². The predicted octanol–water partition coefficient (Wildman–Crippen LogP) is 2.84. The Bertz CT molecular complexity index is 540. The van der Waals surface area contributed by atoms with Gasteiger partial charge in [0.15, 0.2) is 17.9 Å². The number of aromatic nitrogens is 1. The number of aldehydes is 1. The van der Waals surface area contributed by atoms with Crippen molar-refractivity contribution in [1.82, 2.24) is 4.98 Å². The molecule has 1 aromatic heterocycles. The van der Waals surface area contributed by atoms with E-state index < -0.39 is 11.6 Å². The Morgan fingerprint density at radius 2 is 1.94 bits per heavy atom. The molecule has 2 nitrogen and oxygen atoms in total. The van der Waals surface area contributed by atoms with E-state index >= 15 is 0 Å². The summed E-state index contributed by atoms with van der Waals surface area (Å²) in [6.45, 7) is 0. The maximum Gasteiger partial charge on any atom is 0.159 e. The van der Waals surface area contributed by atoms with Crippen molar-refractivity contribution in [2.24, 2.45) is 0 Å². The fourth-order valence-corrected chi connectivity index (χ4v) is 1.41. The number of halogens is 2. The minimum absolute atomic E-state index is 0.390. The Labute approximate surface area is 90.6 Å². The zero-order chi connectivity index (χ0) is 11.5. The molecule has 2 aromatic rings. The minimum atomic E-state index is -0.946. The summed E-state index contributed by atoms with van der Waals surface area (Å²) in [5.74, 6) is -1.86. The molecule has 0 saturated heterocycles. The first-order valence-corrected chi connectivity index (χ1v) is 4.57. The van der Waals surface area contributed by atoms with Crippen LogP contribution < -0.4 is 0 Å². The number of nitrogens with zero attached hydrogens (tertiary/aromatic N) is 1. The molecule has 2 rings (SSSR count). The van der Waals surface area contributed by atoms with Crippen molar-refractivity contribution in [2.75, 3.05) is 0 Å². The van der Waals surface area contributed by atoms with Crippen molar-refractivity contribution >= 4 is 6.29 Å². The maximum absolute atomic E-state index is 13.0. The lowest BCUT2D eigenvalue weighted by atomic mass is 10.0. The number of hydrogen-bond acceptors (Lipinski definition) is 2. The van der Waals surface area contributed by atoms with Gasteiger partial charge in [0.2, 0.25) is 0 Å². The molecule has 4 heteroatoms. The highest BCUT2D eigenvalue weighted by molar-refractivity contribution is 5.86. The molecule has 0 unspecified atom stereocenters. The van der Waals surface area contributed by atoms with E-state index in [1.807, 2.05) is 0 Å². The average Bonchev–Trinajstić information content (AvgIpc) is 2.32. The lowest BCUT2D eigenvalue weighted by Gasteiger charge is -2.04. The first-order valence-electron chi connectivity index (χ1n) is 4.57. The molecule has 0 saturated carbocycles. The molecule has 0 fully saturated rings. The molecule has 0 aliphatic carbocycles. The zero-order valence-corrected chi connectivity index (χ0v) is 8.15. The summed E-state index contributed by atoms with van der Waals surface area (Å²) in [7, 11) is 0. The van der Waals surface area contributed by atoms with Crippen LogP contribution in [0.5, 0.6) is 0 Å². The molecule has 0 spiro atoms. The molecule has 0 aliphatic heterocycles.